The van der Waals surface area contributed by atoms with Crippen molar-refractivity contribution in [2.45, 2.75) is 52.0 Å². The Balaban J connectivity index is 0.00000272. The van der Waals surface area contributed by atoms with Gasteiger partial charge in [-0.2, -0.15) is 0 Å². The first-order valence-corrected chi connectivity index (χ1v) is 11.7. The number of carbonyl (C=O) groups excluding carboxylic acids is 1. The molecule has 0 radical (unpaired) electrons. The standard InChI is InChI=1S/C23H37N5O2.HI/c1-3-24-23(26-9-4-8-25-22(29)21-17(2)7-14-30-21)28-12-10-27(11-13-28)20-16-18-5-6-19(20)15-18;/h7,14,18-20H,3-6,8-13,15-16H2,1-2H3,(H,24,26)(H,25,29);1H. The van der Waals surface area contributed by atoms with E-state index in [1.54, 1.807) is 12.3 Å². The summed E-state index contributed by atoms with van der Waals surface area (Å²) < 4.78 is 5.23. The van der Waals surface area contributed by atoms with Crippen LogP contribution < -0.4 is 10.6 Å². The first-order chi connectivity index (χ1) is 14.7. The molecule has 2 saturated carbocycles. The molecule has 2 N–H and O–H groups in total. The maximum absolute atomic E-state index is 12.1. The number of aryl methyl sites for hydroxylation is 1. The molecule has 174 valence electrons. The molecule has 0 aromatic carbocycles. The largest absolute Gasteiger partial charge is 0.459 e. The van der Waals surface area contributed by atoms with E-state index in [0.29, 0.717) is 18.8 Å². The van der Waals surface area contributed by atoms with Gasteiger partial charge in [-0.05, 0) is 57.4 Å². The highest BCUT2D eigenvalue weighted by molar-refractivity contribution is 14.0. The molecule has 3 fully saturated rings. The number of hydrogen-bond acceptors (Lipinski definition) is 4. The van der Waals surface area contributed by atoms with Crippen LogP contribution in [0.3, 0.4) is 0 Å². The summed E-state index contributed by atoms with van der Waals surface area (Å²) >= 11 is 0. The van der Waals surface area contributed by atoms with Crippen LogP contribution in [0.25, 0.3) is 0 Å². The minimum atomic E-state index is -0.148. The molecule has 1 aliphatic heterocycles. The van der Waals surface area contributed by atoms with Gasteiger partial charge in [0.25, 0.3) is 5.91 Å². The number of hydrogen-bond donors (Lipinski definition) is 2. The fraction of sp³-hybridized carbons (Fsp3) is 0.739. The summed E-state index contributed by atoms with van der Waals surface area (Å²) in [5.41, 5.74) is 0.865. The van der Waals surface area contributed by atoms with Crippen LogP contribution >= 0.6 is 24.0 Å². The number of furan rings is 1. The van der Waals surface area contributed by atoms with Crippen LogP contribution in [0.15, 0.2) is 21.7 Å². The Hall–Kier alpha value is -1.29. The Labute approximate surface area is 203 Å². The van der Waals surface area contributed by atoms with Crippen molar-refractivity contribution in [3.05, 3.63) is 23.7 Å². The van der Waals surface area contributed by atoms with E-state index >= 15 is 0 Å². The van der Waals surface area contributed by atoms with Gasteiger partial charge in [0.2, 0.25) is 0 Å². The molecule has 31 heavy (non-hydrogen) atoms. The maximum atomic E-state index is 12.1. The summed E-state index contributed by atoms with van der Waals surface area (Å²) in [7, 11) is 0. The molecule has 1 amide bonds. The van der Waals surface area contributed by atoms with Gasteiger partial charge in [-0.3, -0.25) is 14.7 Å². The monoisotopic (exact) mass is 543 g/mol. The zero-order chi connectivity index (χ0) is 20.9. The van der Waals surface area contributed by atoms with Crippen LogP contribution in [0, 0.1) is 18.8 Å². The number of guanidine groups is 1. The van der Waals surface area contributed by atoms with E-state index in [4.69, 9.17) is 9.41 Å². The van der Waals surface area contributed by atoms with Gasteiger partial charge in [-0.25, -0.2) is 0 Å². The highest BCUT2D eigenvalue weighted by Gasteiger charge is 2.42. The third kappa shape index (κ3) is 5.94. The van der Waals surface area contributed by atoms with Crippen molar-refractivity contribution in [2.24, 2.45) is 16.8 Å². The van der Waals surface area contributed by atoms with Crippen LogP contribution in [-0.2, 0) is 0 Å². The molecule has 3 atom stereocenters. The Bertz CT molecular complexity index is 744. The zero-order valence-electron chi connectivity index (χ0n) is 18.9. The Kier molecular flexibility index (Phi) is 9.06. The summed E-state index contributed by atoms with van der Waals surface area (Å²) in [6.45, 7) is 10.6. The third-order valence-electron chi connectivity index (χ3n) is 7.07. The van der Waals surface area contributed by atoms with Crippen LogP contribution in [0.4, 0.5) is 0 Å². The van der Waals surface area contributed by atoms with Crippen molar-refractivity contribution in [2.75, 3.05) is 45.8 Å². The normalized spacial score (nSPS) is 26.1. The average Bonchev–Trinajstić information content (AvgIpc) is 3.50. The van der Waals surface area contributed by atoms with Crippen molar-refractivity contribution >= 4 is 35.8 Å². The molecule has 1 aromatic heterocycles. The first kappa shape index (κ1) is 24.4. The number of piperazine rings is 1. The Morgan fingerprint density at radius 2 is 2.00 bits per heavy atom. The van der Waals surface area contributed by atoms with Gasteiger partial charge in [0.05, 0.1) is 6.26 Å². The first-order valence-electron chi connectivity index (χ1n) is 11.7. The van der Waals surface area contributed by atoms with Gasteiger partial charge >= 0.3 is 0 Å². The molecule has 0 spiro atoms. The fourth-order valence-electron chi connectivity index (χ4n) is 5.50. The van der Waals surface area contributed by atoms with E-state index in [-0.39, 0.29) is 29.9 Å². The second-order valence-corrected chi connectivity index (χ2v) is 9.04. The predicted octanol–water partition coefficient (Wildman–Crippen LogP) is 3.10. The Morgan fingerprint density at radius 3 is 2.61 bits per heavy atom. The molecular weight excluding hydrogens is 505 g/mol. The highest BCUT2D eigenvalue weighted by atomic mass is 127. The number of amides is 1. The molecular formula is C23H38IN5O2. The Morgan fingerprint density at radius 1 is 1.19 bits per heavy atom. The lowest BCUT2D eigenvalue weighted by atomic mass is 9.93. The van der Waals surface area contributed by atoms with Crippen molar-refractivity contribution in [3.8, 4) is 0 Å². The van der Waals surface area contributed by atoms with Gasteiger partial charge in [-0.15, -0.1) is 24.0 Å². The minimum Gasteiger partial charge on any atom is -0.459 e. The second-order valence-electron chi connectivity index (χ2n) is 9.04. The summed E-state index contributed by atoms with van der Waals surface area (Å²) in [6.07, 6.45) is 8.20. The number of carbonyl (C=O) groups is 1. The third-order valence-corrected chi connectivity index (χ3v) is 7.07. The topological polar surface area (TPSA) is 73.1 Å². The SMILES string of the molecule is CCNC(=NCCCNC(=O)c1occc1C)N1CCN(C2CC3CCC2C3)CC1.I. The zero-order valence-corrected chi connectivity index (χ0v) is 21.3. The van der Waals surface area contributed by atoms with E-state index in [2.05, 4.69) is 27.4 Å². The molecule has 3 unspecified atom stereocenters. The van der Waals surface area contributed by atoms with Gasteiger partial charge in [0.1, 0.15) is 0 Å². The lowest BCUT2D eigenvalue weighted by molar-refractivity contribution is 0.0924. The number of nitrogens with zero attached hydrogens (tertiary/aromatic N) is 3. The van der Waals surface area contributed by atoms with Crippen molar-refractivity contribution in [1.82, 2.24) is 20.4 Å². The lowest BCUT2D eigenvalue weighted by Crippen LogP contribution is -2.55. The lowest BCUT2D eigenvalue weighted by Gasteiger charge is -2.42. The quantitative estimate of drug-likeness (QED) is 0.240. The maximum Gasteiger partial charge on any atom is 0.287 e. The molecule has 1 saturated heterocycles. The number of halogens is 1. The van der Waals surface area contributed by atoms with Crippen LogP contribution in [-0.4, -0.2) is 73.5 Å². The van der Waals surface area contributed by atoms with E-state index < -0.39 is 0 Å². The molecule has 1 aromatic rings. The summed E-state index contributed by atoms with van der Waals surface area (Å²) in [6, 6.07) is 2.64. The number of rotatable bonds is 7. The number of fused-ring (bicyclic) bond motifs is 2. The van der Waals surface area contributed by atoms with E-state index in [1.807, 2.05) is 6.92 Å². The average molecular weight is 543 g/mol. The fourth-order valence-corrected chi connectivity index (χ4v) is 5.50. The molecule has 3 aliphatic rings. The van der Waals surface area contributed by atoms with E-state index in [1.165, 1.54) is 25.7 Å². The van der Waals surface area contributed by atoms with Gasteiger partial charge in [0.15, 0.2) is 11.7 Å². The van der Waals surface area contributed by atoms with Crippen molar-refractivity contribution in [3.63, 3.8) is 0 Å². The molecule has 2 bridgehead atoms. The van der Waals surface area contributed by atoms with Crippen LogP contribution in [0.2, 0.25) is 0 Å². The van der Waals surface area contributed by atoms with Crippen molar-refractivity contribution < 1.29 is 9.21 Å². The highest BCUT2D eigenvalue weighted by Crippen LogP contribution is 2.46. The van der Waals surface area contributed by atoms with E-state index in [9.17, 15) is 4.79 Å². The van der Waals surface area contributed by atoms with Crippen LogP contribution in [0.5, 0.6) is 0 Å². The van der Waals surface area contributed by atoms with E-state index in [0.717, 1.165) is 68.5 Å². The summed E-state index contributed by atoms with van der Waals surface area (Å²) in [5, 5.41) is 6.37. The van der Waals surface area contributed by atoms with Crippen LogP contribution in [0.1, 0.15) is 55.1 Å². The van der Waals surface area contributed by atoms with Crippen molar-refractivity contribution in [1.29, 1.82) is 0 Å². The molecule has 2 aliphatic carbocycles. The van der Waals surface area contributed by atoms with Gasteiger partial charge < -0.3 is 20.0 Å². The summed E-state index contributed by atoms with van der Waals surface area (Å²) in [4.78, 5) is 22.1. The number of aliphatic imine (C=N–C) groups is 1. The second kappa shape index (κ2) is 11.5. The predicted molar refractivity (Wildman–Crippen MR) is 134 cm³/mol. The van der Waals surface area contributed by atoms with Gasteiger partial charge in [-0.1, -0.05) is 6.42 Å². The summed E-state index contributed by atoms with van der Waals surface area (Å²) in [5.74, 6) is 3.24. The molecule has 7 nitrogen and oxygen atoms in total. The smallest absolute Gasteiger partial charge is 0.287 e. The van der Waals surface area contributed by atoms with Gasteiger partial charge in [0, 0.05) is 57.4 Å². The molecule has 8 heteroatoms. The molecule has 2 heterocycles. The molecule has 4 rings (SSSR count). The number of nitrogens with one attached hydrogen (secondary N) is 2. The minimum absolute atomic E-state index is 0.